The number of benzene rings is 1. The third kappa shape index (κ3) is 3.73. The molecule has 0 radical (unpaired) electrons. The van der Waals surface area contributed by atoms with E-state index in [0.717, 1.165) is 6.42 Å². The van der Waals surface area contributed by atoms with Crippen LogP contribution in [0.3, 0.4) is 0 Å². The molecule has 0 saturated carbocycles. The first-order valence-electron chi connectivity index (χ1n) is 5.15. The molecule has 0 spiro atoms. The van der Waals surface area contributed by atoms with Crippen LogP contribution in [0, 0.1) is 0 Å². The Hall–Kier alpha value is -1.11. The van der Waals surface area contributed by atoms with Crippen molar-refractivity contribution in [3.8, 4) is 0 Å². The van der Waals surface area contributed by atoms with Crippen molar-refractivity contribution < 1.29 is 0 Å². The van der Waals surface area contributed by atoms with Gasteiger partial charge in [-0.05, 0) is 38.3 Å². The number of aryl methyl sites for hydroxylation is 1. The molecule has 76 valence electrons. The van der Waals surface area contributed by atoms with E-state index in [2.05, 4.69) is 57.0 Å². The number of hydrogen-bond acceptors (Lipinski definition) is 1. The third-order valence-corrected chi connectivity index (χ3v) is 1.99. The van der Waals surface area contributed by atoms with Crippen molar-refractivity contribution in [1.82, 2.24) is 0 Å². The van der Waals surface area contributed by atoms with E-state index >= 15 is 0 Å². The summed E-state index contributed by atoms with van der Waals surface area (Å²) in [5.41, 5.74) is 2.57. The lowest BCUT2D eigenvalue weighted by Gasteiger charge is -2.10. The van der Waals surface area contributed by atoms with Crippen LogP contribution in [-0.2, 0) is 6.42 Å². The van der Waals surface area contributed by atoms with Gasteiger partial charge in [0.25, 0.3) is 0 Å². The maximum atomic E-state index is 4.46. The highest BCUT2D eigenvalue weighted by atomic mass is 14.8. The van der Waals surface area contributed by atoms with Gasteiger partial charge in [-0.1, -0.05) is 31.2 Å². The average molecular weight is 189 g/mol. The summed E-state index contributed by atoms with van der Waals surface area (Å²) in [6.45, 7) is 8.47. The highest BCUT2D eigenvalue weighted by molar-refractivity contribution is 5.79. The van der Waals surface area contributed by atoms with Crippen LogP contribution in [0.25, 0.3) is 0 Å². The Morgan fingerprint density at radius 3 is 2.14 bits per heavy atom. The van der Waals surface area contributed by atoms with E-state index in [0.29, 0.717) is 0 Å². The van der Waals surface area contributed by atoms with Gasteiger partial charge >= 0.3 is 0 Å². The first-order valence-corrected chi connectivity index (χ1v) is 5.15. The molecular formula is C13H19N. The summed E-state index contributed by atoms with van der Waals surface area (Å²) in [5.74, 6) is 0. The minimum atomic E-state index is 0.0173. The van der Waals surface area contributed by atoms with E-state index < -0.39 is 0 Å². The molecule has 0 atom stereocenters. The van der Waals surface area contributed by atoms with Crippen molar-refractivity contribution in [2.75, 3.05) is 0 Å². The van der Waals surface area contributed by atoms with Crippen molar-refractivity contribution in [3.05, 3.63) is 35.4 Å². The molecule has 1 heteroatoms. The van der Waals surface area contributed by atoms with Crippen LogP contribution in [0.5, 0.6) is 0 Å². The van der Waals surface area contributed by atoms with E-state index in [9.17, 15) is 0 Å². The molecule has 0 amide bonds. The van der Waals surface area contributed by atoms with Gasteiger partial charge in [0.05, 0.1) is 5.54 Å². The molecular weight excluding hydrogens is 170 g/mol. The molecule has 0 fully saturated rings. The van der Waals surface area contributed by atoms with Crippen molar-refractivity contribution in [3.63, 3.8) is 0 Å². The summed E-state index contributed by atoms with van der Waals surface area (Å²) in [7, 11) is 0. The SMILES string of the molecule is CCc1ccc(C=NC(C)(C)C)cc1. The zero-order chi connectivity index (χ0) is 10.6. The fraction of sp³-hybridized carbons (Fsp3) is 0.462. The maximum Gasteiger partial charge on any atom is 0.0524 e. The largest absolute Gasteiger partial charge is 0.287 e. The lowest BCUT2D eigenvalue weighted by molar-refractivity contribution is 0.586. The molecule has 14 heavy (non-hydrogen) atoms. The summed E-state index contributed by atoms with van der Waals surface area (Å²) in [5, 5.41) is 0. The van der Waals surface area contributed by atoms with Crippen molar-refractivity contribution in [2.45, 2.75) is 39.7 Å². The second-order valence-corrected chi connectivity index (χ2v) is 4.52. The third-order valence-electron chi connectivity index (χ3n) is 1.99. The molecule has 0 aromatic heterocycles. The molecule has 1 aromatic rings. The van der Waals surface area contributed by atoms with Gasteiger partial charge in [-0.15, -0.1) is 0 Å². The molecule has 0 aliphatic rings. The Bertz CT molecular complexity index is 301. The van der Waals surface area contributed by atoms with Gasteiger partial charge < -0.3 is 0 Å². The van der Waals surface area contributed by atoms with Gasteiger partial charge in [-0.25, -0.2) is 0 Å². The summed E-state index contributed by atoms with van der Waals surface area (Å²) in [6, 6.07) is 8.55. The minimum Gasteiger partial charge on any atom is -0.287 e. The predicted molar refractivity (Wildman–Crippen MR) is 63.2 cm³/mol. The highest BCUT2D eigenvalue weighted by Crippen LogP contribution is 2.08. The van der Waals surface area contributed by atoms with Gasteiger partial charge in [0, 0.05) is 6.21 Å². The molecule has 1 nitrogen and oxygen atoms in total. The average Bonchev–Trinajstić information content (AvgIpc) is 2.14. The molecule has 1 rings (SSSR count). The molecule has 0 aliphatic carbocycles. The topological polar surface area (TPSA) is 12.4 Å². The smallest absolute Gasteiger partial charge is 0.0524 e. The van der Waals surface area contributed by atoms with Crippen LogP contribution >= 0.6 is 0 Å². The molecule has 0 N–H and O–H groups in total. The van der Waals surface area contributed by atoms with Gasteiger partial charge in [0.1, 0.15) is 0 Å². The van der Waals surface area contributed by atoms with E-state index in [1.165, 1.54) is 11.1 Å². The Labute approximate surface area is 86.9 Å². The molecule has 0 heterocycles. The lowest BCUT2D eigenvalue weighted by atomic mass is 10.1. The summed E-state index contributed by atoms with van der Waals surface area (Å²) in [4.78, 5) is 4.46. The highest BCUT2D eigenvalue weighted by Gasteiger charge is 2.04. The molecule has 0 unspecified atom stereocenters. The number of aliphatic imine (C=N–C) groups is 1. The van der Waals surface area contributed by atoms with Gasteiger partial charge in [-0.2, -0.15) is 0 Å². The maximum absolute atomic E-state index is 4.46. The number of nitrogens with zero attached hydrogens (tertiary/aromatic N) is 1. The first-order chi connectivity index (χ1) is 6.51. The molecule has 0 saturated heterocycles. The van der Waals surface area contributed by atoms with Crippen LogP contribution in [0.15, 0.2) is 29.3 Å². The molecule has 0 bridgehead atoms. The van der Waals surface area contributed by atoms with E-state index in [1.807, 2.05) is 6.21 Å². The number of hydrogen-bond donors (Lipinski definition) is 0. The normalized spacial score (nSPS) is 12.3. The standard InChI is InChI=1S/C13H19N/c1-5-11-6-8-12(9-7-11)10-14-13(2,3)4/h6-10H,5H2,1-4H3. The molecule has 0 aliphatic heterocycles. The lowest BCUT2D eigenvalue weighted by Crippen LogP contribution is -2.09. The van der Waals surface area contributed by atoms with Crippen molar-refractivity contribution in [1.29, 1.82) is 0 Å². The van der Waals surface area contributed by atoms with Gasteiger partial charge in [0.15, 0.2) is 0 Å². The van der Waals surface area contributed by atoms with E-state index in [4.69, 9.17) is 0 Å². The second-order valence-electron chi connectivity index (χ2n) is 4.52. The fourth-order valence-corrected chi connectivity index (χ4v) is 1.11. The Morgan fingerprint density at radius 2 is 1.71 bits per heavy atom. The summed E-state index contributed by atoms with van der Waals surface area (Å²) < 4.78 is 0. The van der Waals surface area contributed by atoms with Crippen LogP contribution in [0.2, 0.25) is 0 Å². The van der Waals surface area contributed by atoms with Gasteiger partial charge in [0.2, 0.25) is 0 Å². The first kappa shape index (κ1) is 11.0. The quantitative estimate of drug-likeness (QED) is 0.632. The van der Waals surface area contributed by atoms with Gasteiger partial charge in [-0.3, -0.25) is 4.99 Å². The van der Waals surface area contributed by atoms with Crippen LogP contribution < -0.4 is 0 Å². The van der Waals surface area contributed by atoms with Crippen LogP contribution in [0.1, 0.15) is 38.8 Å². The fourth-order valence-electron chi connectivity index (χ4n) is 1.11. The zero-order valence-electron chi connectivity index (χ0n) is 9.54. The second kappa shape index (κ2) is 4.41. The minimum absolute atomic E-state index is 0.0173. The predicted octanol–water partition coefficient (Wildman–Crippen LogP) is 3.47. The van der Waals surface area contributed by atoms with E-state index in [-0.39, 0.29) is 5.54 Å². The van der Waals surface area contributed by atoms with Crippen molar-refractivity contribution >= 4 is 6.21 Å². The summed E-state index contributed by atoms with van der Waals surface area (Å²) in [6.07, 6.45) is 3.04. The Balaban J connectivity index is 2.74. The summed E-state index contributed by atoms with van der Waals surface area (Å²) >= 11 is 0. The zero-order valence-corrected chi connectivity index (χ0v) is 9.54. The van der Waals surface area contributed by atoms with E-state index in [1.54, 1.807) is 0 Å². The Morgan fingerprint density at radius 1 is 1.14 bits per heavy atom. The monoisotopic (exact) mass is 189 g/mol. The molecule has 1 aromatic carbocycles. The number of rotatable bonds is 2. The van der Waals surface area contributed by atoms with Crippen LogP contribution in [-0.4, -0.2) is 11.8 Å². The Kier molecular flexibility index (Phi) is 3.45. The van der Waals surface area contributed by atoms with Crippen LogP contribution in [0.4, 0.5) is 0 Å². The van der Waals surface area contributed by atoms with Crippen molar-refractivity contribution in [2.24, 2.45) is 4.99 Å².